The standard InChI is InChI=1S/C18H16FNO2/c1-11-17(12-4-6-13(19)7-5-12)16-10-14(22-3)8-9-15(16)18(21)20(11)2/h4-10H,1-3H3. The van der Waals surface area contributed by atoms with Gasteiger partial charge in [-0.15, -0.1) is 0 Å². The van der Waals surface area contributed by atoms with Gasteiger partial charge < -0.3 is 9.30 Å². The topological polar surface area (TPSA) is 31.2 Å². The average molecular weight is 297 g/mol. The van der Waals surface area contributed by atoms with Crippen molar-refractivity contribution in [3.63, 3.8) is 0 Å². The Morgan fingerprint density at radius 3 is 2.36 bits per heavy atom. The lowest BCUT2D eigenvalue weighted by Gasteiger charge is -2.15. The molecule has 3 aromatic rings. The fraction of sp³-hybridized carbons (Fsp3) is 0.167. The Morgan fingerprint density at radius 2 is 1.73 bits per heavy atom. The number of ether oxygens (including phenoxy) is 1. The molecule has 0 saturated carbocycles. The summed E-state index contributed by atoms with van der Waals surface area (Å²) in [4.78, 5) is 12.4. The molecule has 0 radical (unpaired) electrons. The molecule has 4 heteroatoms. The summed E-state index contributed by atoms with van der Waals surface area (Å²) in [5.74, 6) is 0.400. The lowest BCUT2D eigenvalue weighted by atomic mass is 9.97. The summed E-state index contributed by atoms with van der Waals surface area (Å²) in [5, 5.41) is 1.43. The van der Waals surface area contributed by atoms with Crippen LogP contribution in [0.5, 0.6) is 5.75 Å². The van der Waals surface area contributed by atoms with Crippen LogP contribution in [0.25, 0.3) is 21.9 Å². The number of halogens is 1. The lowest BCUT2D eigenvalue weighted by molar-refractivity contribution is 0.415. The fourth-order valence-electron chi connectivity index (χ4n) is 2.72. The minimum absolute atomic E-state index is 0.0546. The molecule has 0 spiro atoms. The number of hydrogen-bond acceptors (Lipinski definition) is 2. The zero-order valence-corrected chi connectivity index (χ0v) is 12.7. The van der Waals surface area contributed by atoms with E-state index in [1.54, 1.807) is 43.0 Å². The first-order chi connectivity index (χ1) is 10.5. The number of methoxy groups -OCH3 is 1. The monoisotopic (exact) mass is 297 g/mol. The number of hydrogen-bond donors (Lipinski definition) is 0. The molecule has 22 heavy (non-hydrogen) atoms. The van der Waals surface area contributed by atoms with E-state index in [9.17, 15) is 9.18 Å². The average Bonchev–Trinajstić information content (AvgIpc) is 2.54. The Kier molecular flexibility index (Phi) is 3.45. The third-order valence-corrected chi connectivity index (χ3v) is 4.03. The van der Waals surface area contributed by atoms with Crippen LogP contribution in [0.1, 0.15) is 5.69 Å². The molecule has 0 aliphatic carbocycles. The summed E-state index contributed by atoms with van der Waals surface area (Å²) in [6, 6.07) is 11.7. The van der Waals surface area contributed by atoms with Gasteiger partial charge in [-0.1, -0.05) is 12.1 Å². The fourth-order valence-corrected chi connectivity index (χ4v) is 2.72. The molecule has 0 saturated heterocycles. The van der Waals surface area contributed by atoms with Gasteiger partial charge in [-0.25, -0.2) is 4.39 Å². The van der Waals surface area contributed by atoms with Crippen molar-refractivity contribution in [3.8, 4) is 16.9 Å². The van der Waals surface area contributed by atoms with E-state index in [4.69, 9.17) is 4.74 Å². The molecule has 0 amide bonds. The van der Waals surface area contributed by atoms with Crippen LogP contribution in [0, 0.1) is 12.7 Å². The van der Waals surface area contributed by atoms with Gasteiger partial charge in [-0.3, -0.25) is 4.79 Å². The van der Waals surface area contributed by atoms with E-state index >= 15 is 0 Å². The van der Waals surface area contributed by atoms with Crippen molar-refractivity contribution in [1.29, 1.82) is 0 Å². The zero-order valence-electron chi connectivity index (χ0n) is 12.7. The number of fused-ring (bicyclic) bond motifs is 1. The first-order valence-electron chi connectivity index (χ1n) is 6.96. The largest absolute Gasteiger partial charge is 0.497 e. The lowest BCUT2D eigenvalue weighted by Crippen LogP contribution is -2.20. The van der Waals surface area contributed by atoms with Gasteiger partial charge in [-0.2, -0.15) is 0 Å². The maximum absolute atomic E-state index is 13.2. The van der Waals surface area contributed by atoms with E-state index in [2.05, 4.69) is 0 Å². The molecule has 3 rings (SSSR count). The van der Waals surface area contributed by atoms with Crippen molar-refractivity contribution in [2.24, 2.45) is 7.05 Å². The molecular weight excluding hydrogens is 281 g/mol. The normalized spacial score (nSPS) is 10.9. The molecule has 0 aliphatic heterocycles. The van der Waals surface area contributed by atoms with Gasteiger partial charge in [0.15, 0.2) is 0 Å². The van der Waals surface area contributed by atoms with Crippen molar-refractivity contribution < 1.29 is 9.13 Å². The van der Waals surface area contributed by atoms with Crippen LogP contribution in [-0.2, 0) is 7.05 Å². The van der Waals surface area contributed by atoms with Gasteiger partial charge in [0.05, 0.1) is 7.11 Å². The Balaban J connectivity index is 2.45. The van der Waals surface area contributed by atoms with Gasteiger partial charge in [0.25, 0.3) is 5.56 Å². The Labute approximate surface area is 127 Å². The van der Waals surface area contributed by atoms with E-state index in [1.165, 1.54) is 12.1 Å². The van der Waals surface area contributed by atoms with Crippen LogP contribution in [0.3, 0.4) is 0 Å². The minimum atomic E-state index is -0.284. The van der Waals surface area contributed by atoms with Crippen molar-refractivity contribution in [3.05, 3.63) is 64.3 Å². The third kappa shape index (κ3) is 2.17. The molecular formula is C18H16FNO2. The van der Waals surface area contributed by atoms with Crippen molar-refractivity contribution in [2.75, 3.05) is 7.11 Å². The van der Waals surface area contributed by atoms with Gasteiger partial charge in [0.1, 0.15) is 11.6 Å². The molecule has 0 unspecified atom stereocenters. The molecule has 0 bridgehead atoms. The van der Waals surface area contributed by atoms with Crippen LogP contribution >= 0.6 is 0 Å². The predicted octanol–water partition coefficient (Wildman–Crippen LogP) is 3.66. The molecule has 112 valence electrons. The number of benzene rings is 2. The second-order valence-electron chi connectivity index (χ2n) is 5.24. The maximum atomic E-state index is 13.2. The van der Waals surface area contributed by atoms with E-state index in [0.717, 1.165) is 22.2 Å². The Bertz CT molecular complexity index is 911. The number of rotatable bonds is 2. The second kappa shape index (κ2) is 5.30. The van der Waals surface area contributed by atoms with Crippen LogP contribution in [0.15, 0.2) is 47.3 Å². The molecule has 2 aromatic carbocycles. The highest BCUT2D eigenvalue weighted by molar-refractivity contribution is 5.98. The predicted molar refractivity (Wildman–Crippen MR) is 85.9 cm³/mol. The molecule has 0 aliphatic rings. The molecule has 1 aromatic heterocycles. The minimum Gasteiger partial charge on any atom is -0.497 e. The molecule has 1 heterocycles. The summed E-state index contributed by atoms with van der Waals surface area (Å²) in [6.07, 6.45) is 0. The van der Waals surface area contributed by atoms with Gasteiger partial charge in [0, 0.05) is 29.1 Å². The summed E-state index contributed by atoms with van der Waals surface area (Å²) in [7, 11) is 3.33. The number of aromatic nitrogens is 1. The molecule has 3 nitrogen and oxygen atoms in total. The Morgan fingerprint density at radius 1 is 1.05 bits per heavy atom. The summed E-state index contributed by atoms with van der Waals surface area (Å²) >= 11 is 0. The van der Waals surface area contributed by atoms with Crippen molar-refractivity contribution in [2.45, 2.75) is 6.92 Å². The number of nitrogens with zero attached hydrogens (tertiary/aromatic N) is 1. The smallest absolute Gasteiger partial charge is 0.258 e. The SMILES string of the molecule is COc1ccc2c(=O)n(C)c(C)c(-c3ccc(F)cc3)c2c1. The zero-order chi connectivity index (χ0) is 15.9. The van der Waals surface area contributed by atoms with Crippen LogP contribution in [0.2, 0.25) is 0 Å². The molecule has 0 fully saturated rings. The molecule has 0 N–H and O–H groups in total. The quantitative estimate of drug-likeness (QED) is 0.723. The van der Waals surface area contributed by atoms with Gasteiger partial charge >= 0.3 is 0 Å². The second-order valence-corrected chi connectivity index (χ2v) is 5.24. The highest BCUT2D eigenvalue weighted by Crippen LogP contribution is 2.32. The summed E-state index contributed by atoms with van der Waals surface area (Å²) in [5.41, 5.74) is 2.56. The van der Waals surface area contributed by atoms with Gasteiger partial charge in [0.2, 0.25) is 0 Å². The maximum Gasteiger partial charge on any atom is 0.258 e. The van der Waals surface area contributed by atoms with Crippen molar-refractivity contribution in [1.82, 2.24) is 4.57 Å². The highest BCUT2D eigenvalue weighted by Gasteiger charge is 2.14. The molecule has 0 atom stereocenters. The number of pyridine rings is 1. The van der Waals surface area contributed by atoms with E-state index in [1.807, 2.05) is 13.0 Å². The first-order valence-corrected chi connectivity index (χ1v) is 6.96. The summed E-state index contributed by atoms with van der Waals surface area (Å²) < 4.78 is 20.1. The van der Waals surface area contributed by atoms with Crippen LogP contribution in [-0.4, -0.2) is 11.7 Å². The Hall–Kier alpha value is -2.62. The first kappa shape index (κ1) is 14.3. The van der Waals surface area contributed by atoms with Gasteiger partial charge in [-0.05, 0) is 42.8 Å². The van der Waals surface area contributed by atoms with E-state index < -0.39 is 0 Å². The van der Waals surface area contributed by atoms with E-state index in [-0.39, 0.29) is 11.4 Å². The summed E-state index contributed by atoms with van der Waals surface area (Å²) in [6.45, 7) is 1.89. The highest BCUT2D eigenvalue weighted by atomic mass is 19.1. The van der Waals surface area contributed by atoms with Crippen molar-refractivity contribution >= 4 is 10.8 Å². The van der Waals surface area contributed by atoms with E-state index in [0.29, 0.717) is 11.1 Å². The third-order valence-electron chi connectivity index (χ3n) is 4.03. The van der Waals surface area contributed by atoms with Crippen LogP contribution in [0.4, 0.5) is 4.39 Å². The van der Waals surface area contributed by atoms with Crippen LogP contribution < -0.4 is 10.3 Å².